The number of hydrazone groups is 1. The third kappa shape index (κ3) is 3.14. The number of rotatable bonds is 4. The summed E-state index contributed by atoms with van der Waals surface area (Å²) in [5.41, 5.74) is 4.22. The van der Waals surface area contributed by atoms with Crippen LogP contribution in [0.3, 0.4) is 0 Å². The number of methoxy groups -OCH3 is 2. The molecular weight excluding hydrogens is 416 g/mol. The fourth-order valence-corrected chi connectivity index (χ4v) is 4.68. The van der Waals surface area contributed by atoms with Gasteiger partial charge in [-0.05, 0) is 18.2 Å². The van der Waals surface area contributed by atoms with Crippen molar-refractivity contribution in [2.45, 2.75) is 5.92 Å². The lowest BCUT2D eigenvalue weighted by Crippen LogP contribution is -2.37. The summed E-state index contributed by atoms with van der Waals surface area (Å²) in [5, 5.41) is 6.62. The zero-order valence-corrected chi connectivity index (χ0v) is 18.5. The number of carbonyl (C=O) groups is 2. The van der Waals surface area contributed by atoms with Gasteiger partial charge in [0.15, 0.2) is 0 Å². The zero-order valence-electron chi connectivity index (χ0n) is 18.5. The third-order valence-electron chi connectivity index (χ3n) is 6.11. The van der Waals surface area contributed by atoms with E-state index in [0.717, 1.165) is 11.1 Å². The molecule has 164 valence electrons. The molecule has 6 nitrogen and oxygen atoms in total. The van der Waals surface area contributed by atoms with Gasteiger partial charge in [0.25, 0.3) is 0 Å². The van der Waals surface area contributed by atoms with Crippen LogP contribution >= 0.6 is 0 Å². The summed E-state index contributed by atoms with van der Waals surface area (Å²) in [6, 6.07) is 22.2. The molecule has 0 amide bonds. The minimum Gasteiger partial charge on any atom is -0.496 e. The fourth-order valence-electron chi connectivity index (χ4n) is 4.68. The minimum atomic E-state index is -0.617. The monoisotopic (exact) mass is 438 g/mol. The summed E-state index contributed by atoms with van der Waals surface area (Å²) in [7, 11) is 4.98. The van der Waals surface area contributed by atoms with E-state index in [1.54, 1.807) is 38.4 Å². The number of allylic oxidation sites excluding steroid dienone is 1. The van der Waals surface area contributed by atoms with Gasteiger partial charge in [-0.15, -0.1) is 0 Å². The van der Waals surface area contributed by atoms with Crippen LogP contribution in [0.4, 0.5) is 0 Å². The fraction of sp³-hybridized carbons (Fsp3) is 0.148. The molecule has 1 heterocycles. The Morgan fingerprint density at radius 2 is 1.30 bits per heavy atom. The molecule has 1 unspecified atom stereocenters. The number of benzene rings is 3. The van der Waals surface area contributed by atoms with E-state index in [9.17, 15) is 9.59 Å². The van der Waals surface area contributed by atoms with Gasteiger partial charge in [-0.1, -0.05) is 54.6 Å². The van der Waals surface area contributed by atoms with Gasteiger partial charge in [0.05, 0.1) is 31.5 Å². The number of hydrogen-bond acceptors (Lipinski definition) is 6. The van der Waals surface area contributed by atoms with E-state index in [1.165, 1.54) is 0 Å². The standard InChI is InChI=1S/C27H22N2O4/c1-29-25-16-10-4-5-11-17(16)26(30)27(31)23(25)22(18-12-6-8-14-20(18)32-2)24(28-29)19-13-7-9-15-21(19)33-3/h4-15,22H,1-3H3. The predicted molar refractivity (Wildman–Crippen MR) is 126 cm³/mol. The summed E-state index contributed by atoms with van der Waals surface area (Å²) in [5.74, 6) is -0.426. The van der Waals surface area contributed by atoms with Crippen LogP contribution in [0, 0.1) is 0 Å². The molecule has 1 aliphatic heterocycles. The van der Waals surface area contributed by atoms with Crippen LogP contribution in [0.2, 0.25) is 0 Å². The summed E-state index contributed by atoms with van der Waals surface area (Å²) >= 11 is 0. The number of nitrogens with zero attached hydrogens (tertiary/aromatic N) is 2. The van der Waals surface area contributed by atoms with Crippen molar-refractivity contribution in [2.75, 3.05) is 21.3 Å². The molecule has 1 atom stereocenters. The highest BCUT2D eigenvalue weighted by Gasteiger charge is 2.44. The number of ketones is 2. The lowest BCUT2D eigenvalue weighted by Gasteiger charge is -2.36. The van der Waals surface area contributed by atoms with Gasteiger partial charge in [-0.25, -0.2) is 0 Å². The number of fused-ring (bicyclic) bond motifs is 2. The number of para-hydroxylation sites is 2. The van der Waals surface area contributed by atoms with Crippen LogP contribution in [0.25, 0.3) is 5.70 Å². The number of Topliss-reactive ketones (excluding diaryl/α,β-unsaturated/α-hetero) is 2. The van der Waals surface area contributed by atoms with Gasteiger partial charge in [0, 0.05) is 34.9 Å². The van der Waals surface area contributed by atoms with Gasteiger partial charge >= 0.3 is 0 Å². The molecule has 3 aromatic carbocycles. The third-order valence-corrected chi connectivity index (χ3v) is 6.11. The van der Waals surface area contributed by atoms with E-state index >= 15 is 0 Å². The van der Waals surface area contributed by atoms with E-state index in [0.29, 0.717) is 39.6 Å². The molecule has 0 spiro atoms. The van der Waals surface area contributed by atoms with Crippen molar-refractivity contribution in [3.63, 3.8) is 0 Å². The van der Waals surface area contributed by atoms with Crippen LogP contribution in [0.15, 0.2) is 83.5 Å². The summed E-state index contributed by atoms with van der Waals surface area (Å²) < 4.78 is 11.3. The summed E-state index contributed by atoms with van der Waals surface area (Å²) in [6.45, 7) is 0. The second kappa shape index (κ2) is 8.06. The van der Waals surface area contributed by atoms with E-state index in [1.807, 2.05) is 60.7 Å². The number of carbonyl (C=O) groups excluding carboxylic acids is 2. The lowest BCUT2D eigenvalue weighted by molar-refractivity contribution is -0.112. The van der Waals surface area contributed by atoms with Crippen molar-refractivity contribution < 1.29 is 19.1 Å². The van der Waals surface area contributed by atoms with Crippen molar-refractivity contribution in [3.8, 4) is 11.5 Å². The SMILES string of the molecule is COc1ccccc1C1=NN(C)C2=C(C(=O)C(=O)c3ccccc32)C1c1ccccc1OC. The second-order valence-electron chi connectivity index (χ2n) is 7.85. The molecule has 0 bridgehead atoms. The molecule has 0 saturated carbocycles. The van der Waals surface area contributed by atoms with Crippen LogP contribution < -0.4 is 9.47 Å². The maximum absolute atomic E-state index is 13.6. The average Bonchev–Trinajstić information content (AvgIpc) is 2.86. The number of ether oxygens (including phenoxy) is 2. The zero-order chi connectivity index (χ0) is 23.1. The smallest absolute Gasteiger partial charge is 0.233 e. The summed E-state index contributed by atoms with van der Waals surface area (Å²) in [6.07, 6.45) is 0. The van der Waals surface area contributed by atoms with Crippen molar-refractivity contribution in [1.29, 1.82) is 0 Å². The van der Waals surface area contributed by atoms with E-state index in [2.05, 4.69) is 0 Å². The molecule has 0 saturated heterocycles. The number of hydrogen-bond donors (Lipinski definition) is 0. The van der Waals surface area contributed by atoms with Crippen molar-refractivity contribution in [1.82, 2.24) is 5.01 Å². The molecule has 0 aromatic heterocycles. The van der Waals surface area contributed by atoms with Crippen molar-refractivity contribution in [2.24, 2.45) is 5.10 Å². The molecule has 6 heteroatoms. The summed E-state index contributed by atoms with van der Waals surface area (Å²) in [4.78, 5) is 26.8. The predicted octanol–water partition coefficient (Wildman–Crippen LogP) is 4.31. The average molecular weight is 438 g/mol. The first kappa shape index (κ1) is 20.7. The molecule has 0 fully saturated rings. The Morgan fingerprint density at radius 1 is 0.727 bits per heavy atom. The van der Waals surface area contributed by atoms with Crippen LogP contribution in [-0.4, -0.2) is 43.6 Å². The molecule has 2 aliphatic rings. The van der Waals surface area contributed by atoms with Crippen LogP contribution in [-0.2, 0) is 4.79 Å². The van der Waals surface area contributed by atoms with Crippen LogP contribution in [0.5, 0.6) is 11.5 Å². The van der Waals surface area contributed by atoms with Crippen LogP contribution in [0.1, 0.15) is 33.0 Å². The Labute approximate surface area is 191 Å². The van der Waals surface area contributed by atoms with Gasteiger partial charge in [0.2, 0.25) is 11.6 Å². The molecule has 5 rings (SSSR count). The Kier molecular flexibility index (Phi) is 5.05. The molecule has 1 aliphatic carbocycles. The maximum Gasteiger partial charge on any atom is 0.233 e. The van der Waals surface area contributed by atoms with Crippen molar-refractivity contribution >= 4 is 23.0 Å². The topological polar surface area (TPSA) is 68.2 Å². The van der Waals surface area contributed by atoms with E-state index in [-0.39, 0.29) is 0 Å². The highest BCUT2D eigenvalue weighted by molar-refractivity contribution is 6.53. The molecule has 0 radical (unpaired) electrons. The van der Waals surface area contributed by atoms with E-state index < -0.39 is 17.5 Å². The molecule has 3 aromatic rings. The molecule has 0 N–H and O–H groups in total. The Morgan fingerprint density at radius 3 is 2.00 bits per heavy atom. The maximum atomic E-state index is 13.6. The van der Waals surface area contributed by atoms with Gasteiger partial charge in [0.1, 0.15) is 11.5 Å². The highest BCUT2D eigenvalue weighted by Crippen LogP contribution is 2.46. The second-order valence-corrected chi connectivity index (χ2v) is 7.85. The molecular formula is C27H22N2O4. The van der Waals surface area contributed by atoms with Gasteiger partial charge in [-0.2, -0.15) is 5.10 Å². The Bertz CT molecular complexity index is 1360. The molecule has 33 heavy (non-hydrogen) atoms. The van der Waals surface area contributed by atoms with Gasteiger partial charge < -0.3 is 9.47 Å². The quantitative estimate of drug-likeness (QED) is 0.568. The normalized spacial score (nSPS) is 17.4. The first-order valence-corrected chi connectivity index (χ1v) is 10.6. The highest BCUT2D eigenvalue weighted by atomic mass is 16.5. The van der Waals surface area contributed by atoms with Gasteiger partial charge in [-0.3, -0.25) is 14.6 Å². The minimum absolute atomic E-state index is 0.390. The lowest BCUT2D eigenvalue weighted by atomic mass is 9.74. The first-order valence-electron chi connectivity index (χ1n) is 10.6. The first-order chi connectivity index (χ1) is 16.1. The Balaban J connectivity index is 1.85. The Hall–Kier alpha value is -4.19. The van der Waals surface area contributed by atoms with E-state index in [4.69, 9.17) is 14.6 Å². The largest absolute Gasteiger partial charge is 0.496 e. The van der Waals surface area contributed by atoms with Crippen molar-refractivity contribution in [3.05, 3.63) is 101 Å².